The summed E-state index contributed by atoms with van der Waals surface area (Å²) in [5, 5.41) is 9.12. The Morgan fingerprint density at radius 3 is 3.27 bits per heavy atom. The maximum absolute atomic E-state index is 9.12. The van der Waals surface area contributed by atoms with Crippen LogP contribution in [-0.2, 0) is 0 Å². The number of hydrogen-bond acceptors (Lipinski definition) is 3. The minimum absolute atomic E-state index is 0.304. The van der Waals surface area contributed by atoms with Gasteiger partial charge >= 0.3 is 0 Å². The van der Waals surface area contributed by atoms with Gasteiger partial charge in [-0.05, 0) is 19.1 Å². The van der Waals surface area contributed by atoms with Crippen LogP contribution in [0.15, 0.2) is 29.1 Å². The van der Waals surface area contributed by atoms with Crippen molar-refractivity contribution in [1.29, 1.82) is 0 Å². The molecule has 0 bridgehead atoms. The molecule has 2 aliphatic rings. The highest BCUT2D eigenvalue weighted by Crippen LogP contribution is 2.15. The molecule has 58 valence electrons. The number of aliphatic hydroxyl groups is 1. The molecule has 0 unspecified atom stereocenters. The molecule has 3 nitrogen and oxygen atoms in total. The molecule has 0 amide bonds. The molecule has 0 fully saturated rings. The van der Waals surface area contributed by atoms with Crippen molar-refractivity contribution in [3.8, 4) is 0 Å². The highest BCUT2D eigenvalue weighted by atomic mass is 16.3. The maximum Gasteiger partial charge on any atom is 0.131 e. The van der Waals surface area contributed by atoms with Gasteiger partial charge in [0, 0.05) is 12.7 Å². The maximum atomic E-state index is 9.12. The van der Waals surface area contributed by atoms with Gasteiger partial charge in [0.15, 0.2) is 0 Å². The average Bonchev–Trinajstić information content (AvgIpc) is 2.27. The molecule has 2 aliphatic heterocycles. The highest BCUT2D eigenvalue weighted by molar-refractivity contribution is 5.96. The summed E-state index contributed by atoms with van der Waals surface area (Å²) in [5.74, 6) is 1.26. The molecule has 2 heterocycles. The first kappa shape index (κ1) is 6.46. The molecule has 11 heavy (non-hydrogen) atoms. The molecule has 1 N–H and O–H groups in total. The minimum atomic E-state index is 0.304. The molecule has 2 rings (SSSR count). The van der Waals surface area contributed by atoms with Gasteiger partial charge in [0.25, 0.3) is 0 Å². The fraction of sp³-hybridized carbons (Fsp3) is 0.375. The molecular formula is C8H10N2O. The van der Waals surface area contributed by atoms with Crippen LogP contribution >= 0.6 is 0 Å². The van der Waals surface area contributed by atoms with E-state index >= 15 is 0 Å². The van der Waals surface area contributed by atoms with E-state index in [0.717, 1.165) is 12.4 Å². The van der Waals surface area contributed by atoms with Crippen LogP contribution in [0, 0.1) is 0 Å². The van der Waals surface area contributed by atoms with Gasteiger partial charge in [-0.3, -0.25) is 4.99 Å². The topological polar surface area (TPSA) is 35.8 Å². The second-order valence-corrected chi connectivity index (χ2v) is 2.88. The lowest BCUT2D eigenvalue weighted by Crippen LogP contribution is -2.24. The second-order valence-electron chi connectivity index (χ2n) is 2.88. The molecule has 1 atom stereocenters. The third-order valence-corrected chi connectivity index (χ3v) is 1.80. The van der Waals surface area contributed by atoms with Crippen LogP contribution in [0.4, 0.5) is 0 Å². The normalized spacial score (nSPS) is 28.1. The van der Waals surface area contributed by atoms with Gasteiger partial charge in [0.1, 0.15) is 11.6 Å². The van der Waals surface area contributed by atoms with E-state index in [1.807, 2.05) is 11.0 Å². The summed E-state index contributed by atoms with van der Waals surface area (Å²) in [7, 11) is 0. The summed E-state index contributed by atoms with van der Waals surface area (Å²) in [4.78, 5) is 6.30. The van der Waals surface area contributed by atoms with Gasteiger partial charge in [0.2, 0.25) is 0 Å². The Labute approximate surface area is 65.4 Å². The number of aliphatic hydroxyl groups excluding tert-OH is 1. The number of allylic oxidation sites excluding steroid dienone is 1. The lowest BCUT2D eigenvalue weighted by Gasteiger charge is -2.16. The minimum Gasteiger partial charge on any atom is -0.506 e. The number of rotatable bonds is 0. The van der Waals surface area contributed by atoms with Gasteiger partial charge in [-0.2, -0.15) is 0 Å². The molecule has 0 aromatic rings. The van der Waals surface area contributed by atoms with Crippen molar-refractivity contribution in [3.05, 3.63) is 24.1 Å². The van der Waals surface area contributed by atoms with E-state index in [2.05, 4.69) is 11.9 Å². The molecular weight excluding hydrogens is 140 g/mol. The molecule has 0 aromatic carbocycles. The summed E-state index contributed by atoms with van der Waals surface area (Å²) in [6, 6.07) is 0.344. The van der Waals surface area contributed by atoms with Gasteiger partial charge in [-0.1, -0.05) is 0 Å². The van der Waals surface area contributed by atoms with Crippen LogP contribution in [0.3, 0.4) is 0 Å². The van der Waals surface area contributed by atoms with E-state index in [9.17, 15) is 0 Å². The fourth-order valence-corrected chi connectivity index (χ4v) is 1.34. The lowest BCUT2D eigenvalue weighted by atomic mass is 10.3. The molecule has 0 saturated heterocycles. The van der Waals surface area contributed by atoms with E-state index in [1.54, 1.807) is 12.3 Å². The third kappa shape index (κ3) is 1.02. The van der Waals surface area contributed by atoms with Crippen molar-refractivity contribution in [2.75, 3.05) is 6.54 Å². The van der Waals surface area contributed by atoms with Crippen molar-refractivity contribution >= 4 is 5.84 Å². The van der Waals surface area contributed by atoms with Crippen LogP contribution in [0.25, 0.3) is 0 Å². The van der Waals surface area contributed by atoms with E-state index in [4.69, 9.17) is 5.11 Å². The van der Waals surface area contributed by atoms with Gasteiger partial charge in [-0.15, -0.1) is 0 Å². The Morgan fingerprint density at radius 2 is 2.45 bits per heavy atom. The van der Waals surface area contributed by atoms with Gasteiger partial charge < -0.3 is 10.0 Å². The predicted molar refractivity (Wildman–Crippen MR) is 43.5 cm³/mol. The first-order valence-corrected chi connectivity index (χ1v) is 3.69. The summed E-state index contributed by atoms with van der Waals surface area (Å²) >= 11 is 0. The largest absolute Gasteiger partial charge is 0.506 e. The van der Waals surface area contributed by atoms with Gasteiger partial charge in [-0.25, -0.2) is 0 Å². The Kier molecular flexibility index (Phi) is 1.24. The Bertz CT molecular complexity index is 265. The highest BCUT2D eigenvalue weighted by Gasteiger charge is 2.20. The smallest absolute Gasteiger partial charge is 0.131 e. The zero-order valence-corrected chi connectivity index (χ0v) is 6.36. The standard InChI is InChI=1S/C8H10N2O/c1-6-4-10-5-7(11)2-3-8(10)9-6/h2-3,5-6,11H,4H2,1H3/t6-/m1/s1. The van der Waals surface area contributed by atoms with E-state index in [1.165, 1.54) is 0 Å². The number of amidine groups is 1. The first-order chi connectivity index (χ1) is 5.25. The number of nitrogens with zero attached hydrogens (tertiary/aromatic N) is 2. The second kappa shape index (κ2) is 2.12. The number of hydrogen-bond donors (Lipinski definition) is 1. The van der Waals surface area contributed by atoms with Crippen molar-refractivity contribution in [2.45, 2.75) is 13.0 Å². The Morgan fingerprint density at radius 1 is 1.64 bits per heavy atom. The monoisotopic (exact) mass is 150 g/mol. The van der Waals surface area contributed by atoms with Crippen molar-refractivity contribution in [2.24, 2.45) is 4.99 Å². The quantitative estimate of drug-likeness (QED) is 0.560. The Hall–Kier alpha value is -1.25. The summed E-state index contributed by atoms with van der Waals surface area (Å²) in [5.41, 5.74) is 0. The number of fused-ring (bicyclic) bond motifs is 1. The van der Waals surface area contributed by atoms with Crippen LogP contribution < -0.4 is 0 Å². The third-order valence-electron chi connectivity index (χ3n) is 1.80. The molecule has 0 radical (unpaired) electrons. The molecule has 0 aromatic heterocycles. The molecule has 3 heteroatoms. The fourth-order valence-electron chi connectivity index (χ4n) is 1.34. The van der Waals surface area contributed by atoms with Crippen LogP contribution in [0.2, 0.25) is 0 Å². The van der Waals surface area contributed by atoms with Crippen molar-refractivity contribution in [3.63, 3.8) is 0 Å². The van der Waals surface area contributed by atoms with E-state index in [0.29, 0.717) is 11.8 Å². The summed E-state index contributed by atoms with van der Waals surface area (Å²) < 4.78 is 0. The average molecular weight is 150 g/mol. The lowest BCUT2D eigenvalue weighted by molar-refractivity contribution is 0.409. The molecule has 0 saturated carbocycles. The Balaban J connectivity index is 2.29. The van der Waals surface area contributed by atoms with Crippen molar-refractivity contribution in [1.82, 2.24) is 4.90 Å². The predicted octanol–water partition coefficient (Wildman–Crippen LogP) is 1.06. The number of aliphatic imine (C=N–C) groups is 1. The van der Waals surface area contributed by atoms with Crippen LogP contribution in [0.1, 0.15) is 6.92 Å². The van der Waals surface area contributed by atoms with E-state index < -0.39 is 0 Å². The molecule has 0 spiro atoms. The zero-order valence-electron chi connectivity index (χ0n) is 6.36. The summed E-state index contributed by atoms with van der Waals surface area (Å²) in [6.45, 7) is 2.94. The zero-order chi connectivity index (χ0) is 7.84. The summed E-state index contributed by atoms with van der Waals surface area (Å²) in [6.07, 6.45) is 5.20. The van der Waals surface area contributed by atoms with Gasteiger partial charge in [0.05, 0.1) is 6.04 Å². The van der Waals surface area contributed by atoms with Crippen molar-refractivity contribution < 1.29 is 5.11 Å². The SMILES string of the molecule is C[C@@H]1CN2C=C(O)C=CC2=N1. The first-order valence-electron chi connectivity index (χ1n) is 3.69. The molecule has 0 aliphatic carbocycles. The van der Waals surface area contributed by atoms with E-state index in [-0.39, 0.29) is 0 Å². The van der Waals surface area contributed by atoms with Crippen LogP contribution in [0.5, 0.6) is 0 Å². The van der Waals surface area contributed by atoms with Crippen LogP contribution in [-0.4, -0.2) is 28.4 Å².